The molecule has 0 aromatic heterocycles. The number of carbonyl (C=O) groups is 1. The molecule has 4 heteroatoms. The molecule has 0 aromatic carbocycles. The number of methoxy groups -OCH3 is 1. The van der Waals surface area contributed by atoms with Crippen molar-refractivity contribution in [2.75, 3.05) is 7.11 Å². The van der Waals surface area contributed by atoms with Crippen LogP contribution in [0.5, 0.6) is 0 Å². The zero-order chi connectivity index (χ0) is 13.5. The van der Waals surface area contributed by atoms with Crippen molar-refractivity contribution in [1.82, 2.24) is 0 Å². The van der Waals surface area contributed by atoms with E-state index in [-0.39, 0.29) is 5.97 Å². The van der Waals surface area contributed by atoms with E-state index in [2.05, 4.69) is 23.5 Å². The maximum atomic E-state index is 11.1. The van der Waals surface area contributed by atoms with Crippen LogP contribution in [0.2, 0.25) is 0 Å². The summed E-state index contributed by atoms with van der Waals surface area (Å²) in [6.45, 7) is 7.74. The Hall–Kier alpha value is -0.870. The molecule has 17 heavy (non-hydrogen) atoms. The molecule has 0 radical (unpaired) electrons. The first-order chi connectivity index (χ1) is 7.84. The third-order valence-electron chi connectivity index (χ3n) is 2.69. The Kier molecular flexibility index (Phi) is 7.07. The SMILES string of the molecule is COC(=O)/C(C)=C\CCC(C)(CC(C)C)OO. The molecule has 0 aromatic rings. The largest absolute Gasteiger partial charge is 0.466 e. The van der Waals surface area contributed by atoms with E-state index in [1.165, 1.54) is 7.11 Å². The Morgan fingerprint density at radius 3 is 2.47 bits per heavy atom. The lowest BCUT2D eigenvalue weighted by molar-refractivity contribution is -0.323. The minimum atomic E-state index is -0.554. The van der Waals surface area contributed by atoms with Crippen molar-refractivity contribution >= 4 is 5.97 Å². The third kappa shape index (κ3) is 6.44. The van der Waals surface area contributed by atoms with E-state index in [4.69, 9.17) is 5.26 Å². The first kappa shape index (κ1) is 16.1. The molecule has 4 nitrogen and oxygen atoms in total. The van der Waals surface area contributed by atoms with E-state index in [0.29, 0.717) is 24.3 Å². The number of allylic oxidation sites excluding steroid dienone is 1. The topological polar surface area (TPSA) is 55.8 Å². The first-order valence-corrected chi connectivity index (χ1v) is 5.92. The lowest BCUT2D eigenvalue weighted by atomic mass is 9.90. The maximum absolute atomic E-state index is 11.1. The van der Waals surface area contributed by atoms with Crippen molar-refractivity contribution in [3.05, 3.63) is 11.6 Å². The van der Waals surface area contributed by atoms with E-state index in [1.807, 2.05) is 13.0 Å². The number of esters is 1. The van der Waals surface area contributed by atoms with Crippen LogP contribution in [-0.2, 0) is 14.4 Å². The van der Waals surface area contributed by atoms with Crippen LogP contribution < -0.4 is 0 Å². The van der Waals surface area contributed by atoms with Gasteiger partial charge in [0.1, 0.15) is 5.60 Å². The van der Waals surface area contributed by atoms with E-state index in [9.17, 15) is 4.79 Å². The molecule has 0 amide bonds. The van der Waals surface area contributed by atoms with Gasteiger partial charge in [-0.15, -0.1) is 0 Å². The summed E-state index contributed by atoms with van der Waals surface area (Å²) in [6, 6.07) is 0. The van der Waals surface area contributed by atoms with Crippen molar-refractivity contribution < 1.29 is 19.7 Å². The summed E-state index contributed by atoms with van der Waals surface area (Å²) >= 11 is 0. The van der Waals surface area contributed by atoms with Crippen LogP contribution in [0.1, 0.15) is 47.0 Å². The fraction of sp³-hybridized carbons (Fsp3) is 0.769. The van der Waals surface area contributed by atoms with Crippen LogP contribution in [0.15, 0.2) is 11.6 Å². The van der Waals surface area contributed by atoms with Crippen LogP contribution in [0.3, 0.4) is 0 Å². The number of ether oxygens (including phenoxy) is 1. The molecule has 0 saturated heterocycles. The molecule has 0 bridgehead atoms. The van der Waals surface area contributed by atoms with Gasteiger partial charge in [-0.3, -0.25) is 5.26 Å². The second kappa shape index (κ2) is 7.45. The van der Waals surface area contributed by atoms with Crippen molar-refractivity contribution in [3.63, 3.8) is 0 Å². The van der Waals surface area contributed by atoms with Gasteiger partial charge in [0.15, 0.2) is 0 Å². The van der Waals surface area contributed by atoms with Gasteiger partial charge in [-0.25, -0.2) is 9.68 Å². The Morgan fingerprint density at radius 2 is 2.06 bits per heavy atom. The molecule has 1 atom stereocenters. The highest BCUT2D eigenvalue weighted by Crippen LogP contribution is 2.25. The fourth-order valence-electron chi connectivity index (χ4n) is 1.89. The third-order valence-corrected chi connectivity index (χ3v) is 2.69. The molecular formula is C13H24O4. The molecule has 0 heterocycles. The molecule has 0 saturated carbocycles. The lowest BCUT2D eigenvalue weighted by Crippen LogP contribution is -2.29. The second-order valence-corrected chi connectivity index (χ2v) is 5.06. The average molecular weight is 244 g/mol. The molecule has 1 unspecified atom stereocenters. The fourth-order valence-corrected chi connectivity index (χ4v) is 1.89. The van der Waals surface area contributed by atoms with Gasteiger partial charge in [0.05, 0.1) is 7.11 Å². The second-order valence-electron chi connectivity index (χ2n) is 5.06. The molecule has 0 rings (SSSR count). The van der Waals surface area contributed by atoms with Gasteiger partial charge in [0, 0.05) is 5.57 Å². The summed E-state index contributed by atoms with van der Waals surface area (Å²) in [6.07, 6.45) is 3.92. The maximum Gasteiger partial charge on any atom is 0.333 e. The monoisotopic (exact) mass is 244 g/mol. The van der Waals surface area contributed by atoms with Gasteiger partial charge in [-0.2, -0.15) is 0 Å². The number of rotatable bonds is 7. The van der Waals surface area contributed by atoms with E-state index in [1.54, 1.807) is 6.92 Å². The van der Waals surface area contributed by atoms with Gasteiger partial charge in [0.25, 0.3) is 0 Å². The molecule has 100 valence electrons. The number of carbonyl (C=O) groups excluding carboxylic acids is 1. The Labute approximate surface area is 104 Å². The highest BCUT2D eigenvalue weighted by molar-refractivity contribution is 5.87. The Morgan fingerprint density at radius 1 is 1.47 bits per heavy atom. The molecule has 0 aliphatic heterocycles. The quantitative estimate of drug-likeness (QED) is 0.323. The van der Waals surface area contributed by atoms with E-state index >= 15 is 0 Å². The summed E-state index contributed by atoms with van der Waals surface area (Å²) in [7, 11) is 1.36. The number of hydrogen-bond acceptors (Lipinski definition) is 4. The summed E-state index contributed by atoms with van der Waals surface area (Å²) in [5, 5.41) is 8.94. The molecule has 0 aliphatic rings. The zero-order valence-electron chi connectivity index (χ0n) is 11.4. The van der Waals surface area contributed by atoms with Gasteiger partial charge in [-0.05, 0) is 39.0 Å². The Bertz CT molecular complexity index is 271. The average Bonchev–Trinajstić information content (AvgIpc) is 2.26. The predicted molar refractivity (Wildman–Crippen MR) is 66.6 cm³/mol. The smallest absolute Gasteiger partial charge is 0.333 e. The lowest BCUT2D eigenvalue weighted by Gasteiger charge is -2.27. The van der Waals surface area contributed by atoms with Gasteiger partial charge < -0.3 is 4.74 Å². The molecule has 0 fully saturated rings. The summed E-state index contributed by atoms with van der Waals surface area (Å²) in [5.74, 6) is 0.123. The molecule has 1 N–H and O–H groups in total. The van der Waals surface area contributed by atoms with E-state index in [0.717, 1.165) is 6.42 Å². The van der Waals surface area contributed by atoms with Crippen LogP contribution in [-0.4, -0.2) is 23.9 Å². The zero-order valence-corrected chi connectivity index (χ0v) is 11.4. The van der Waals surface area contributed by atoms with Gasteiger partial charge in [0.2, 0.25) is 0 Å². The van der Waals surface area contributed by atoms with Gasteiger partial charge >= 0.3 is 5.97 Å². The van der Waals surface area contributed by atoms with Crippen molar-refractivity contribution in [2.45, 2.75) is 52.6 Å². The highest BCUT2D eigenvalue weighted by atomic mass is 17.1. The molecule has 0 aliphatic carbocycles. The summed E-state index contributed by atoms with van der Waals surface area (Å²) in [5.41, 5.74) is 0.0264. The van der Waals surface area contributed by atoms with Crippen molar-refractivity contribution in [1.29, 1.82) is 0 Å². The van der Waals surface area contributed by atoms with Crippen LogP contribution >= 0.6 is 0 Å². The summed E-state index contributed by atoms with van der Waals surface area (Å²) in [4.78, 5) is 15.7. The summed E-state index contributed by atoms with van der Waals surface area (Å²) < 4.78 is 4.60. The standard InChI is InChI=1S/C13H24O4/c1-10(2)9-13(4,17-15)8-6-7-11(3)12(14)16-5/h7,10,15H,6,8-9H2,1-5H3/b11-7-. The normalized spacial score (nSPS) is 15.8. The highest BCUT2D eigenvalue weighted by Gasteiger charge is 2.26. The van der Waals surface area contributed by atoms with Gasteiger partial charge in [-0.1, -0.05) is 19.9 Å². The number of hydrogen-bond donors (Lipinski definition) is 1. The van der Waals surface area contributed by atoms with Crippen molar-refractivity contribution in [3.8, 4) is 0 Å². The predicted octanol–water partition coefficient (Wildman–Crippen LogP) is 3.18. The van der Waals surface area contributed by atoms with Crippen LogP contribution in [0.25, 0.3) is 0 Å². The minimum Gasteiger partial charge on any atom is -0.466 e. The van der Waals surface area contributed by atoms with Crippen LogP contribution in [0.4, 0.5) is 0 Å². The van der Waals surface area contributed by atoms with Crippen molar-refractivity contribution in [2.24, 2.45) is 5.92 Å². The molecule has 0 spiro atoms. The Balaban J connectivity index is 4.29. The first-order valence-electron chi connectivity index (χ1n) is 5.92. The van der Waals surface area contributed by atoms with Crippen LogP contribution in [0, 0.1) is 5.92 Å². The van der Waals surface area contributed by atoms with E-state index < -0.39 is 5.60 Å². The minimum absolute atomic E-state index is 0.319. The molecular weight excluding hydrogens is 220 g/mol.